The lowest BCUT2D eigenvalue weighted by Crippen LogP contribution is -2.48. The second kappa shape index (κ2) is 7.70. The van der Waals surface area contributed by atoms with E-state index >= 15 is 0 Å². The smallest absolute Gasteiger partial charge is 0.140 e. The van der Waals surface area contributed by atoms with Gasteiger partial charge in [0.15, 0.2) is 0 Å². The highest BCUT2D eigenvalue weighted by Gasteiger charge is 2.27. The monoisotopic (exact) mass is 386 g/mol. The minimum absolute atomic E-state index is 0.288. The number of nitrogens with zero attached hydrogens (tertiary/aromatic N) is 4. The molecule has 5 heteroatoms. The Kier molecular flexibility index (Phi) is 4.77. The molecule has 0 spiro atoms. The molecule has 2 aromatic carbocycles. The number of fused-ring (bicyclic) bond motifs is 1. The number of piperazine rings is 1. The molecule has 0 amide bonds. The second-order valence-corrected chi connectivity index (χ2v) is 7.98. The van der Waals surface area contributed by atoms with Crippen molar-refractivity contribution in [3.05, 3.63) is 89.6 Å². The topological polar surface area (TPSA) is 32.3 Å². The summed E-state index contributed by atoms with van der Waals surface area (Å²) in [5.41, 5.74) is 2.70. The molecular formula is C23H22N4S. The average molecular weight is 387 g/mol. The van der Waals surface area contributed by atoms with E-state index in [9.17, 15) is 0 Å². The molecule has 4 nitrogen and oxygen atoms in total. The minimum Gasteiger partial charge on any atom is -0.353 e. The standard InChI is InChI=1S/C23H22N4S/c1-3-7-18(8-4-1)21(19-9-5-2-6-10-19)26-12-14-27(15-13-26)22-20-11-16-28-23(20)25-17-24-22/h1-11,16-17,21H,12-15H2. The van der Waals surface area contributed by atoms with Crippen LogP contribution in [0.25, 0.3) is 10.2 Å². The normalized spacial score (nSPS) is 15.4. The summed E-state index contributed by atoms with van der Waals surface area (Å²) in [6.45, 7) is 3.95. The first kappa shape index (κ1) is 17.3. The van der Waals surface area contributed by atoms with E-state index in [0.29, 0.717) is 0 Å². The number of hydrogen-bond donors (Lipinski definition) is 0. The summed E-state index contributed by atoms with van der Waals surface area (Å²) in [5.74, 6) is 1.07. The van der Waals surface area contributed by atoms with Gasteiger partial charge in [-0.05, 0) is 22.6 Å². The van der Waals surface area contributed by atoms with E-state index in [2.05, 4.69) is 91.9 Å². The first-order valence-electron chi connectivity index (χ1n) is 9.67. The van der Waals surface area contributed by atoms with Crippen LogP contribution in [0.5, 0.6) is 0 Å². The molecule has 140 valence electrons. The molecule has 1 fully saturated rings. The predicted octanol–water partition coefficient (Wildman–Crippen LogP) is 4.60. The number of rotatable bonds is 4. The Morgan fingerprint density at radius 2 is 1.39 bits per heavy atom. The van der Waals surface area contributed by atoms with Crippen LogP contribution >= 0.6 is 11.3 Å². The van der Waals surface area contributed by atoms with Crippen molar-refractivity contribution in [2.75, 3.05) is 31.1 Å². The molecule has 28 heavy (non-hydrogen) atoms. The van der Waals surface area contributed by atoms with Gasteiger partial charge in [-0.15, -0.1) is 11.3 Å². The molecule has 0 N–H and O–H groups in total. The molecule has 0 radical (unpaired) electrons. The van der Waals surface area contributed by atoms with E-state index < -0.39 is 0 Å². The lowest BCUT2D eigenvalue weighted by Gasteiger charge is -2.40. The molecule has 2 aromatic heterocycles. The Morgan fingerprint density at radius 1 is 0.750 bits per heavy atom. The largest absolute Gasteiger partial charge is 0.353 e. The molecule has 0 aliphatic carbocycles. The molecule has 1 aliphatic rings. The number of anilines is 1. The Balaban J connectivity index is 1.40. The highest BCUT2D eigenvalue weighted by atomic mass is 32.1. The van der Waals surface area contributed by atoms with Gasteiger partial charge in [-0.2, -0.15) is 0 Å². The Morgan fingerprint density at radius 3 is 2.04 bits per heavy atom. The van der Waals surface area contributed by atoms with Crippen LogP contribution in [-0.2, 0) is 0 Å². The highest BCUT2D eigenvalue weighted by Crippen LogP contribution is 2.32. The van der Waals surface area contributed by atoms with Crippen LogP contribution in [-0.4, -0.2) is 41.0 Å². The van der Waals surface area contributed by atoms with E-state index in [4.69, 9.17) is 0 Å². The van der Waals surface area contributed by atoms with Gasteiger partial charge in [-0.25, -0.2) is 9.97 Å². The number of aromatic nitrogens is 2. The van der Waals surface area contributed by atoms with Crippen LogP contribution in [0.2, 0.25) is 0 Å². The summed E-state index contributed by atoms with van der Waals surface area (Å²) in [5, 5.41) is 3.27. The summed E-state index contributed by atoms with van der Waals surface area (Å²) in [6.07, 6.45) is 1.69. The third-order valence-electron chi connectivity index (χ3n) is 5.45. The number of benzene rings is 2. The number of thiophene rings is 1. The van der Waals surface area contributed by atoms with Crippen LogP contribution in [0.4, 0.5) is 5.82 Å². The summed E-state index contributed by atoms with van der Waals surface area (Å²) < 4.78 is 0. The zero-order valence-corrected chi connectivity index (χ0v) is 16.4. The zero-order valence-electron chi connectivity index (χ0n) is 15.6. The van der Waals surface area contributed by atoms with E-state index in [-0.39, 0.29) is 6.04 Å². The van der Waals surface area contributed by atoms with Crippen molar-refractivity contribution in [3.63, 3.8) is 0 Å². The highest BCUT2D eigenvalue weighted by molar-refractivity contribution is 7.16. The summed E-state index contributed by atoms with van der Waals surface area (Å²) >= 11 is 1.68. The summed E-state index contributed by atoms with van der Waals surface area (Å²) in [7, 11) is 0. The van der Waals surface area contributed by atoms with E-state index in [1.165, 1.54) is 16.5 Å². The third-order valence-corrected chi connectivity index (χ3v) is 6.27. The second-order valence-electron chi connectivity index (χ2n) is 7.08. The molecule has 3 heterocycles. The molecule has 0 atom stereocenters. The molecule has 0 bridgehead atoms. The maximum absolute atomic E-state index is 4.59. The summed E-state index contributed by atoms with van der Waals surface area (Å²) in [6, 6.07) is 24.1. The van der Waals surface area contributed by atoms with Crippen molar-refractivity contribution in [1.29, 1.82) is 0 Å². The third kappa shape index (κ3) is 3.28. The molecule has 0 saturated carbocycles. The van der Waals surface area contributed by atoms with E-state index in [0.717, 1.165) is 36.8 Å². The molecule has 0 unspecified atom stereocenters. The lowest BCUT2D eigenvalue weighted by atomic mass is 9.96. The molecule has 4 aromatic rings. The Labute approximate surface area is 169 Å². The van der Waals surface area contributed by atoms with Crippen LogP contribution in [0.1, 0.15) is 17.2 Å². The molecular weight excluding hydrogens is 364 g/mol. The Bertz CT molecular complexity index is 1000. The van der Waals surface area contributed by atoms with Crippen LogP contribution in [0, 0.1) is 0 Å². The van der Waals surface area contributed by atoms with Gasteiger partial charge in [-0.3, -0.25) is 4.90 Å². The van der Waals surface area contributed by atoms with Crippen molar-refractivity contribution >= 4 is 27.4 Å². The van der Waals surface area contributed by atoms with Gasteiger partial charge < -0.3 is 4.90 Å². The van der Waals surface area contributed by atoms with Crippen LogP contribution in [0.15, 0.2) is 78.4 Å². The fraction of sp³-hybridized carbons (Fsp3) is 0.217. The average Bonchev–Trinajstić information content (AvgIpc) is 3.25. The maximum atomic E-state index is 4.59. The van der Waals surface area contributed by atoms with Crippen molar-refractivity contribution in [2.24, 2.45) is 0 Å². The van der Waals surface area contributed by atoms with Crippen molar-refractivity contribution in [1.82, 2.24) is 14.9 Å². The predicted molar refractivity (Wildman–Crippen MR) is 116 cm³/mol. The van der Waals surface area contributed by atoms with Crippen molar-refractivity contribution in [2.45, 2.75) is 6.04 Å². The van der Waals surface area contributed by atoms with E-state index in [1.807, 2.05) is 0 Å². The van der Waals surface area contributed by atoms with Gasteiger partial charge in [0.25, 0.3) is 0 Å². The maximum Gasteiger partial charge on any atom is 0.140 e. The first-order chi connectivity index (χ1) is 13.9. The van der Waals surface area contributed by atoms with Gasteiger partial charge in [0.1, 0.15) is 17.0 Å². The van der Waals surface area contributed by atoms with Crippen molar-refractivity contribution in [3.8, 4) is 0 Å². The molecule has 1 saturated heterocycles. The SMILES string of the molecule is c1ccc(C(c2ccccc2)N2CCN(c3ncnc4sccc34)CC2)cc1. The molecule has 5 rings (SSSR count). The lowest BCUT2D eigenvalue weighted by molar-refractivity contribution is 0.212. The fourth-order valence-corrected chi connectivity index (χ4v) is 4.83. The van der Waals surface area contributed by atoms with Gasteiger partial charge in [0, 0.05) is 26.2 Å². The van der Waals surface area contributed by atoms with Crippen molar-refractivity contribution < 1.29 is 0 Å². The minimum atomic E-state index is 0.288. The molecule has 1 aliphatic heterocycles. The van der Waals surface area contributed by atoms with Gasteiger partial charge >= 0.3 is 0 Å². The Hall–Kier alpha value is -2.76. The van der Waals surface area contributed by atoms with E-state index in [1.54, 1.807) is 17.7 Å². The number of hydrogen-bond acceptors (Lipinski definition) is 5. The zero-order chi connectivity index (χ0) is 18.8. The van der Waals surface area contributed by atoms with Gasteiger partial charge in [0.05, 0.1) is 11.4 Å². The van der Waals surface area contributed by atoms with Gasteiger partial charge in [-0.1, -0.05) is 60.7 Å². The first-order valence-corrected chi connectivity index (χ1v) is 10.6. The summed E-state index contributed by atoms with van der Waals surface area (Å²) in [4.78, 5) is 15.0. The van der Waals surface area contributed by atoms with Crippen LogP contribution < -0.4 is 4.90 Å². The van der Waals surface area contributed by atoms with Gasteiger partial charge in [0.2, 0.25) is 0 Å². The fourth-order valence-electron chi connectivity index (χ4n) is 4.11. The quantitative estimate of drug-likeness (QED) is 0.513. The van der Waals surface area contributed by atoms with Crippen LogP contribution in [0.3, 0.4) is 0 Å².